The maximum atomic E-state index is 12.6. The Hall–Kier alpha value is -2.57. The van der Waals surface area contributed by atoms with Crippen LogP contribution in [-0.4, -0.2) is 39.8 Å². The summed E-state index contributed by atoms with van der Waals surface area (Å²) in [5, 5.41) is 1.07. The van der Waals surface area contributed by atoms with Gasteiger partial charge in [-0.15, -0.1) is 11.3 Å². The number of carbonyl (C=O) groups is 2. The van der Waals surface area contributed by atoms with E-state index in [1.807, 2.05) is 18.2 Å². The van der Waals surface area contributed by atoms with Crippen LogP contribution in [0.15, 0.2) is 48.5 Å². The number of hydrogen-bond acceptors (Lipinski definition) is 5. The van der Waals surface area contributed by atoms with Gasteiger partial charge < -0.3 is 0 Å². The average Bonchev–Trinajstić information content (AvgIpc) is 3.35. The number of benzene rings is 2. The van der Waals surface area contributed by atoms with E-state index in [0.29, 0.717) is 17.8 Å². The molecule has 0 aliphatic carbocycles. The van der Waals surface area contributed by atoms with Gasteiger partial charge in [0.15, 0.2) is 0 Å². The number of rotatable bonds is 3. The van der Waals surface area contributed by atoms with E-state index in [4.69, 9.17) is 4.98 Å². The summed E-state index contributed by atoms with van der Waals surface area (Å²) in [5.74, 6) is -0.388. The zero-order chi connectivity index (χ0) is 17.7. The molecule has 2 aliphatic heterocycles. The van der Waals surface area contributed by atoms with Crippen molar-refractivity contribution < 1.29 is 9.59 Å². The summed E-state index contributed by atoms with van der Waals surface area (Å²) in [4.78, 5) is 33.7. The number of para-hydroxylation sites is 1. The second kappa shape index (κ2) is 6.00. The van der Waals surface area contributed by atoms with Gasteiger partial charge in [-0.2, -0.15) is 0 Å². The first-order valence-corrected chi connectivity index (χ1v) is 9.59. The molecule has 5 rings (SSSR count). The Kier molecular flexibility index (Phi) is 3.62. The van der Waals surface area contributed by atoms with Crippen molar-refractivity contribution >= 4 is 33.4 Å². The molecule has 0 spiro atoms. The number of hydrogen-bond donors (Lipinski definition) is 0. The molecule has 2 amide bonds. The van der Waals surface area contributed by atoms with Crippen LogP contribution >= 0.6 is 11.3 Å². The van der Waals surface area contributed by atoms with Gasteiger partial charge in [0, 0.05) is 6.54 Å². The van der Waals surface area contributed by atoms with Crippen LogP contribution in [0.1, 0.15) is 44.6 Å². The summed E-state index contributed by atoms with van der Waals surface area (Å²) < 4.78 is 1.18. The molecule has 0 saturated carbocycles. The highest BCUT2D eigenvalue weighted by Crippen LogP contribution is 2.37. The zero-order valence-corrected chi connectivity index (χ0v) is 14.9. The third kappa shape index (κ3) is 2.37. The van der Waals surface area contributed by atoms with Crippen molar-refractivity contribution in [2.75, 3.05) is 13.2 Å². The quantitative estimate of drug-likeness (QED) is 0.666. The molecule has 2 aromatic carbocycles. The Morgan fingerprint density at radius 2 is 1.69 bits per heavy atom. The van der Waals surface area contributed by atoms with E-state index in [1.165, 1.54) is 9.60 Å². The Morgan fingerprint density at radius 3 is 2.42 bits per heavy atom. The summed E-state index contributed by atoms with van der Waals surface area (Å²) in [5.41, 5.74) is 2.03. The molecule has 1 aromatic heterocycles. The SMILES string of the molecule is O=C1c2ccccc2C(=O)N1CN1CCC[C@H]1c1nc2ccccc2s1. The monoisotopic (exact) mass is 363 g/mol. The number of aromatic nitrogens is 1. The third-order valence-corrected chi connectivity index (χ3v) is 6.30. The second-order valence-electron chi connectivity index (χ2n) is 6.72. The molecule has 130 valence electrons. The smallest absolute Gasteiger partial charge is 0.262 e. The van der Waals surface area contributed by atoms with Crippen molar-refractivity contribution in [1.29, 1.82) is 0 Å². The third-order valence-electron chi connectivity index (χ3n) is 5.16. The second-order valence-corrected chi connectivity index (χ2v) is 7.78. The standard InChI is InChI=1S/C20H17N3O2S/c24-19-13-6-1-2-7-14(13)20(25)23(19)12-22-11-5-9-16(22)18-21-15-8-3-4-10-17(15)26-18/h1-4,6-8,10,16H,5,9,11-12H2/t16-/m0/s1. The Labute approximate surface area is 154 Å². The molecule has 1 saturated heterocycles. The lowest BCUT2D eigenvalue weighted by Gasteiger charge is -2.27. The number of fused-ring (bicyclic) bond motifs is 2. The van der Waals surface area contributed by atoms with E-state index in [2.05, 4.69) is 11.0 Å². The van der Waals surface area contributed by atoms with E-state index in [9.17, 15) is 9.59 Å². The number of amides is 2. The van der Waals surface area contributed by atoms with Crippen molar-refractivity contribution in [1.82, 2.24) is 14.8 Å². The molecule has 6 heteroatoms. The molecule has 5 nitrogen and oxygen atoms in total. The average molecular weight is 363 g/mol. The van der Waals surface area contributed by atoms with Gasteiger partial charge in [-0.25, -0.2) is 4.98 Å². The van der Waals surface area contributed by atoms with Crippen LogP contribution < -0.4 is 0 Å². The Morgan fingerprint density at radius 1 is 1.00 bits per heavy atom. The fourth-order valence-corrected chi connectivity index (χ4v) is 4.99. The van der Waals surface area contributed by atoms with Crippen molar-refractivity contribution in [3.05, 3.63) is 64.7 Å². The zero-order valence-electron chi connectivity index (χ0n) is 14.1. The Balaban J connectivity index is 1.42. The van der Waals surface area contributed by atoms with Crippen molar-refractivity contribution in [3.63, 3.8) is 0 Å². The number of imide groups is 1. The van der Waals surface area contributed by atoms with Crippen LogP contribution in [-0.2, 0) is 0 Å². The fraction of sp³-hybridized carbons (Fsp3) is 0.250. The first-order chi connectivity index (χ1) is 12.7. The molecule has 0 unspecified atom stereocenters. The van der Waals surface area contributed by atoms with E-state index in [1.54, 1.807) is 35.6 Å². The van der Waals surface area contributed by atoms with Crippen LogP contribution in [0.3, 0.4) is 0 Å². The number of likely N-dealkylation sites (tertiary alicyclic amines) is 1. The van der Waals surface area contributed by atoms with Crippen LogP contribution in [0.2, 0.25) is 0 Å². The van der Waals surface area contributed by atoms with Crippen LogP contribution in [0.25, 0.3) is 10.2 Å². The van der Waals surface area contributed by atoms with E-state index in [0.717, 1.165) is 29.9 Å². The maximum absolute atomic E-state index is 12.6. The van der Waals surface area contributed by atoms with Gasteiger partial charge in [-0.05, 0) is 37.1 Å². The summed E-state index contributed by atoms with van der Waals surface area (Å²) >= 11 is 1.70. The van der Waals surface area contributed by atoms with Crippen molar-refractivity contribution in [3.8, 4) is 0 Å². The van der Waals surface area contributed by atoms with E-state index in [-0.39, 0.29) is 17.9 Å². The molecule has 2 aliphatic rings. The first kappa shape index (κ1) is 15.7. The van der Waals surface area contributed by atoms with Gasteiger partial charge >= 0.3 is 0 Å². The lowest BCUT2D eigenvalue weighted by molar-refractivity contribution is 0.0526. The molecule has 3 heterocycles. The highest BCUT2D eigenvalue weighted by atomic mass is 32.1. The van der Waals surface area contributed by atoms with E-state index >= 15 is 0 Å². The molecule has 1 fully saturated rings. The first-order valence-electron chi connectivity index (χ1n) is 8.77. The minimum atomic E-state index is -0.194. The summed E-state index contributed by atoms with van der Waals surface area (Å²) in [7, 11) is 0. The normalized spacial score (nSPS) is 20.3. The van der Waals surface area contributed by atoms with Gasteiger partial charge in [-0.3, -0.25) is 19.4 Å². The highest BCUT2D eigenvalue weighted by molar-refractivity contribution is 7.18. The van der Waals surface area contributed by atoms with Crippen LogP contribution in [0.5, 0.6) is 0 Å². The number of carbonyl (C=O) groups excluding carboxylic acids is 2. The molecule has 3 aromatic rings. The van der Waals surface area contributed by atoms with Gasteiger partial charge in [0.05, 0.1) is 34.1 Å². The van der Waals surface area contributed by atoms with Gasteiger partial charge in [0.2, 0.25) is 0 Å². The van der Waals surface area contributed by atoms with Crippen LogP contribution in [0.4, 0.5) is 0 Å². The van der Waals surface area contributed by atoms with Gasteiger partial charge in [0.25, 0.3) is 11.8 Å². The lowest BCUT2D eigenvalue weighted by Crippen LogP contribution is -2.40. The van der Waals surface area contributed by atoms with Crippen LogP contribution in [0, 0.1) is 0 Å². The maximum Gasteiger partial charge on any atom is 0.262 e. The van der Waals surface area contributed by atoms with Crippen molar-refractivity contribution in [2.24, 2.45) is 0 Å². The highest BCUT2D eigenvalue weighted by Gasteiger charge is 2.38. The number of thiazole rings is 1. The minimum absolute atomic E-state index is 0.164. The number of nitrogens with zero attached hydrogens (tertiary/aromatic N) is 3. The van der Waals surface area contributed by atoms with Gasteiger partial charge in [0.1, 0.15) is 5.01 Å². The lowest BCUT2D eigenvalue weighted by atomic mass is 10.1. The molecular formula is C20H17N3O2S. The molecular weight excluding hydrogens is 346 g/mol. The molecule has 0 bridgehead atoms. The van der Waals surface area contributed by atoms with Gasteiger partial charge in [-0.1, -0.05) is 24.3 Å². The summed E-state index contributed by atoms with van der Waals surface area (Å²) in [6.07, 6.45) is 2.05. The minimum Gasteiger partial charge on any atom is -0.276 e. The summed E-state index contributed by atoms with van der Waals surface area (Å²) in [6, 6.07) is 15.3. The van der Waals surface area contributed by atoms with E-state index < -0.39 is 0 Å². The van der Waals surface area contributed by atoms with Crippen molar-refractivity contribution in [2.45, 2.75) is 18.9 Å². The predicted octanol–water partition coefficient (Wildman–Crippen LogP) is 3.69. The largest absolute Gasteiger partial charge is 0.276 e. The Bertz CT molecular complexity index is 961. The summed E-state index contributed by atoms with van der Waals surface area (Å²) in [6.45, 7) is 1.20. The predicted molar refractivity (Wildman–Crippen MR) is 100 cm³/mol. The molecule has 1 atom stereocenters. The molecule has 26 heavy (non-hydrogen) atoms. The topological polar surface area (TPSA) is 53.5 Å². The fourth-order valence-electron chi connectivity index (χ4n) is 3.86. The molecule has 0 N–H and O–H groups in total. The molecule has 0 radical (unpaired) electrons.